The lowest BCUT2D eigenvalue weighted by Crippen LogP contribution is -2.14. The van der Waals surface area contributed by atoms with E-state index in [9.17, 15) is 4.79 Å². The van der Waals surface area contributed by atoms with Gasteiger partial charge in [0.15, 0.2) is 5.69 Å². The number of carbonyl (C=O) groups is 1. The van der Waals surface area contributed by atoms with Crippen LogP contribution in [0.4, 0.5) is 5.13 Å². The summed E-state index contributed by atoms with van der Waals surface area (Å²) in [6.45, 7) is 2.52. The lowest BCUT2D eigenvalue weighted by molar-refractivity contribution is 0.102. The van der Waals surface area contributed by atoms with E-state index in [-0.39, 0.29) is 5.69 Å². The zero-order valence-corrected chi connectivity index (χ0v) is 16.2. The van der Waals surface area contributed by atoms with Gasteiger partial charge in [0.2, 0.25) is 5.13 Å². The fraction of sp³-hybridized carbons (Fsp3) is 0.267. The van der Waals surface area contributed by atoms with E-state index in [2.05, 4.69) is 25.8 Å². The third kappa shape index (κ3) is 4.18. The number of nitrogens with one attached hydrogen (secondary N) is 1. The number of anilines is 1. The van der Waals surface area contributed by atoms with Gasteiger partial charge in [-0.15, -0.1) is 15.3 Å². The summed E-state index contributed by atoms with van der Waals surface area (Å²) in [4.78, 5) is 12.4. The lowest BCUT2D eigenvalue weighted by atomic mass is 10.2. The molecule has 2 heterocycles. The van der Waals surface area contributed by atoms with Gasteiger partial charge in [-0.25, -0.2) is 4.68 Å². The number of halogens is 2. The number of rotatable bonds is 6. The summed E-state index contributed by atoms with van der Waals surface area (Å²) in [7, 11) is 1.56. The maximum absolute atomic E-state index is 12.4. The van der Waals surface area contributed by atoms with Gasteiger partial charge in [-0.1, -0.05) is 45.8 Å². The van der Waals surface area contributed by atoms with Crippen LogP contribution in [0.25, 0.3) is 0 Å². The van der Waals surface area contributed by atoms with Crippen LogP contribution in [0.3, 0.4) is 0 Å². The van der Waals surface area contributed by atoms with Crippen molar-refractivity contribution in [2.45, 2.75) is 20.1 Å². The summed E-state index contributed by atoms with van der Waals surface area (Å²) in [5.41, 5.74) is 1.73. The van der Waals surface area contributed by atoms with Gasteiger partial charge >= 0.3 is 0 Å². The molecule has 1 aromatic carbocycles. The first-order chi connectivity index (χ1) is 12.5. The molecule has 8 nitrogen and oxygen atoms in total. The molecule has 0 saturated heterocycles. The van der Waals surface area contributed by atoms with Crippen molar-refractivity contribution in [2.24, 2.45) is 0 Å². The second-order valence-electron chi connectivity index (χ2n) is 5.32. The van der Waals surface area contributed by atoms with Crippen LogP contribution < -0.4 is 5.32 Å². The largest absolute Gasteiger partial charge is 0.377 e. The molecule has 0 aliphatic heterocycles. The Morgan fingerprint density at radius 3 is 2.81 bits per heavy atom. The molecule has 1 amide bonds. The second kappa shape index (κ2) is 8.09. The van der Waals surface area contributed by atoms with Crippen molar-refractivity contribution in [2.75, 3.05) is 12.4 Å². The molecule has 0 saturated carbocycles. The average molecular weight is 413 g/mol. The Labute approximate surface area is 163 Å². The Morgan fingerprint density at radius 1 is 1.27 bits per heavy atom. The van der Waals surface area contributed by atoms with E-state index in [4.69, 9.17) is 27.9 Å². The Hall–Kier alpha value is -2.07. The minimum absolute atomic E-state index is 0.216. The van der Waals surface area contributed by atoms with Crippen LogP contribution in [0, 0.1) is 6.92 Å². The quantitative estimate of drug-likeness (QED) is 0.667. The first-order valence-corrected chi connectivity index (χ1v) is 9.02. The van der Waals surface area contributed by atoms with Crippen LogP contribution in [0.5, 0.6) is 0 Å². The topological polar surface area (TPSA) is 94.8 Å². The fourth-order valence-electron chi connectivity index (χ4n) is 2.17. The number of carbonyl (C=O) groups excluding carboxylic acids is 1. The normalized spacial score (nSPS) is 10.9. The smallest absolute Gasteiger partial charge is 0.279 e. The van der Waals surface area contributed by atoms with Gasteiger partial charge in [0.05, 0.1) is 22.3 Å². The molecule has 3 rings (SSSR count). The molecule has 0 bridgehead atoms. The SMILES string of the molecule is COCc1nnc(NC(=O)c2nnn(Cc3ccc(Cl)c(Cl)c3)c2C)s1. The first kappa shape index (κ1) is 18.7. The highest BCUT2D eigenvalue weighted by molar-refractivity contribution is 7.15. The number of aromatic nitrogens is 5. The van der Waals surface area contributed by atoms with Crippen molar-refractivity contribution in [1.29, 1.82) is 0 Å². The molecule has 11 heteroatoms. The van der Waals surface area contributed by atoms with Crippen LogP contribution in [0.2, 0.25) is 10.0 Å². The standard InChI is InChI=1S/C15H14Cl2N6O2S/c1-8-13(14(24)18-15-21-19-12(26-15)7-25-2)20-22-23(8)6-9-3-4-10(16)11(17)5-9/h3-5H,6-7H2,1-2H3,(H,18,21,24). The number of methoxy groups -OCH3 is 1. The molecule has 3 aromatic rings. The minimum atomic E-state index is -0.400. The maximum atomic E-state index is 12.4. The zero-order chi connectivity index (χ0) is 18.7. The van der Waals surface area contributed by atoms with E-state index in [1.54, 1.807) is 30.8 Å². The monoisotopic (exact) mass is 412 g/mol. The van der Waals surface area contributed by atoms with Gasteiger partial charge in [-0.2, -0.15) is 0 Å². The molecule has 2 aromatic heterocycles. The molecule has 0 radical (unpaired) electrons. The lowest BCUT2D eigenvalue weighted by Gasteiger charge is -2.05. The zero-order valence-electron chi connectivity index (χ0n) is 13.9. The van der Waals surface area contributed by atoms with Gasteiger partial charge in [0, 0.05) is 7.11 Å². The van der Waals surface area contributed by atoms with Crippen LogP contribution in [0.1, 0.15) is 26.8 Å². The summed E-state index contributed by atoms with van der Waals surface area (Å²) in [5, 5.41) is 20.5. The van der Waals surface area contributed by atoms with Crippen LogP contribution in [-0.4, -0.2) is 38.2 Å². The number of hydrogen-bond acceptors (Lipinski definition) is 7. The molecule has 0 atom stereocenters. The van der Waals surface area contributed by atoms with Crippen molar-refractivity contribution >= 4 is 45.6 Å². The highest BCUT2D eigenvalue weighted by Crippen LogP contribution is 2.23. The van der Waals surface area contributed by atoms with E-state index in [1.165, 1.54) is 11.3 Å². The van der Waals surface area contributed by atoms with E-state index in [0.29, 0.717) is 39.0 Å². The highest BCUT2D eigenvalue weighted by Gasteiger charge is 2.18. The highest BCUT2D eigenvalue weighted by atomic mass is 35.5. The fourth-order valence-corrected chi connectivity index (χ4v) is 3.20. The summed E-state index contributed by atoms with van der Waals surface area (Å²) in [6, 6.07) is 5.31. The van der Waals surface area contributed by atoms with Gasteiger partial charge in [0.1, 0.15) is 11.6 Å². The Bertz CT molecular complexity index is 942. The van der Waals surface area contributed by atoms with Crippen molar-refractivity contribution in [3.05, 3.63) is 50.2 Å². The van der Waals surface area contributed by atoms with Crippen LogP contribution in [0.15, 0.2) is 18.2 Å². The van der Waals surface area contributed by atoms with E-state index in [0.717, 1.165) is 5.56 Å². The van der Waals surface area contributed by atoms with E-state index >= 15 is 0 Å². The Balaban J connectivity index is 1.72. The second-order valence-corrected chi connectivity index (χ2v) is 7.19. The third-order valence-electron chi connectivity index (χ3n) is 3.47. The molecule has 0 fully saturated rings. The molecule has 0 aliphatic carbocycles. The van der Waals surface area contributed by atoms with Crippen molar-refractivity contribution in [3.8, 4) is 0 Å². The summed E-state index contributed by atoms with van der Waals surface area (Å²) in [5.74, 6) is -0.400. The molecule has 0 aliphatic rings. The molecular weight excluding hydrogens is 399 g/mol. The van der Waals surface area contributed by atoms with Gasteiger partial charge < -0.3 is 4.74 Å². The summed E-state index contributed by atoms with van der Waals surface area (Å²) < 4.78 is 6.59. The molecule has 0 unspecified atom stereocenters. The predicted molar refractivity (Wildman–Crippen MR) is 98.9 cm³/mol. The van der Waals surface area contributed by atoms with Crippen molar-refractivity contribution in [3.63, 3.8) is 0 Å². The summed E-state index contributed by atoms with van der Waals surface area (Å²) in [6.07, 6.45) is 0. The Kier molecular flexibility index (Phi) is 5.82. The molecular formula is C15H14Cl2N6O2S. The number of hydrogen-bond donors (Lipinski definition) is 1. The van der Waals surface area contributed by atoms with Gasteiger partial charge in [0.25, 0.3) is 5.91 Å². The van der Waals surface area contributed by atoms with Crippen molar-refractivity contribution < 1.29 is 9.53 Å². The van der Waals surface area contributed by atoms with Gasteiger partial charge in [-0.05, 0) is 24.6 Å². The summed E-state index contributed by atoms with van der Waals surface area (Å²) >= 11 is 13.2. The number of ether oxygens (including phenoxy) is 1. The van der Waals surface area contributed by atoms with Crippen LogP contribution >= 0.6 is 34.5 Å². The van der Waals surface area contributed by atoms with Gasteiger partial charge in [-0.3, -0.25) is 10.1 Å². The molecule has 1 N–H and O–H groups in total. The third-order valence-corrected chi connectivity index (χ3v) is 5.02. The van der Waals surface area contributed by atoms with Crippen LogP contribution in [-0.2, 0) is 17.9 Å². The minimum Gasteiger partial charge on any atom is -0.377 e. The predicted octanol–water partition coefficient (Wildman–Crippen LogP) is 3.19. The molecule has 0 spiro atoms. The molecule has 26 heavy (non-hydrogen) atoms. The number of benzene rings is 1. The number of nitrogens with zero attached hydrogens (tertiary/aromatic N) is 5. The first-order valence-electron chi connectivity index (χ1n) is 7.44. The maximum Gasteiger partial charge on any atom is 0.279 e. The van der Waals surface area contributed by atoms with Crippen molar-refractivity contribution in [1.82, 2.24) is 25.2 Å². The Morgan fingerprint density at radius 2 is 2.08 bits per heavy atom. The van der Waals surface area contributed by atoms with E-state index in [1.807, 2.05) is 6.07 Å². The average Bonchev–Trinajstić information content (AvgIpc) is 3.19. The molecule has 136 valence electrons. The van der Waals surface area contributed by atoms with E-state index < -0.39 is 5.91 Å². The number of amides is 1.